The highest BCUT2D eigenvalue weighted by molar-refractivity contribution is 5.75. The largest absolute Gasteiger partial charge is 0.466 e. The Bertz CT molecular complexity index is 420. The number of anilines is 2. The van der Waals surface area contributed by atoms with Gasteiger partial charge in [-0.1, -0.05) is 12.1 Å². The Balaban J connectivity index is 2.07. The number of nitrogens with two attached hydrogens (primary N) is 1. The van der Waals surface area contributed by atoms with Crippen molar-refractivity contribution in [3.63, 3.8) is 0 Å². The van der Waals surface area contributed by atoms with E-state index in [-0.39, 0.29) is 11.9 Å². The average Bonchev–Trinajstić information content (AvgIpc) is 2.40. The van der Waals surface area contributed by atoms with E-state index in [4.69, 9.17) is 10.5 Å². The SMILES string of the molecule is CCOC(=O)C1CCCN(c2ccccc2N)C1. The quantitative estimate of drug-likeness (QED) is 0.657. The third-order valence-electron chi connectivity index (χ3n) is 3.32. The molecule has 1 saturated heterocycles. The number of rotatable bonds is 3. The molecule has 1 fully saturated rings. The van der Waals surface area contributed by atoms with E-state index < -0.39 is 0 Å². The summed E-state index contributed by atoms with van der Waals surface area (Å²) in [6.07, 6.45) is 1.90. The van der Waals surface area contributed by atoms with Gasteiger partial charge in [0.25, 0.3) is 0 Å². The molecule has 2 rings (SSSR count). The Morgan fingerprint density at radius 2 is 2.28 bits per heavy atom. The van der Waals surface area contributed by atoms with Crippen LogP contribution < -0.4 is 10.6 Å². The van der Waals surface area contributed by atoms with Crippen molar-refractivity contribution in [1.29, 1.82) is 0 Å². The Morgan fingerprint density at radius 3 is 3.00 bits per heavy atom. The van der Waals surface area contributed by atoms with E-state index in [0.29, 0.717) is 13.2 Å². The fraction of sp³-hybridized carbons (Fsp3) is 0.500. The first-order valence-electron chi connectivity index (χ1n) is 6.48. The summed E-state index contributed by atoms with van der Waals surface area (Å²) in [5, 5.41) is 0. The summed E-state index contributed by atoms with van der Waals surface area (Å²) in [4.78, 5) is 14.0. The van der Waals surface area contributed by atoms with Gasteiger partial charge in [0.1, 0.15) is 0 Å². The third-order valence-corrected chi connectivity index (χ3v) is 3.32. The van der Waals surface area contributed by atoms with Crippen LogP contribution in [0.1, 0.15) is 19.8 Å². The highest BCUT2D eigenvalue weighted by Crippen LogP contribution is 2.28. The number of esters is 1. The molecule has 1 atom stereocenters. The van der Waals surface area contributed by atoms with E-state index in [1.54, 1.807) is 0 Å². The van der Waals surface area contributed by atoms with Crippen molar-refractivity contribution in [3.8, 4) is 0 Å². The molecule has 0 amide bonds. The number of hydrogen-bond donors (Lipinski definition) is 1. The van der Waals surface area contributed by atoms with E-state index in [0.717, 1.165) is 30.8 Å². The average molecular weight is 248 g/mol. The molecule has 0 aromatic heterocycles. The first-order valence-corrected chi connectivity index (χ1v) is 6.48. The zero-order valence-electron chi connectivity index (χ0n) is 10.8. The molecule has 0 bridgehead atoms. The molecule has 98 valence electrons. The van der Waals surface area contributed by atoms with Crippen LogP contribution in [0.3, 0.4) is 0 Å². The number of ether oxygens (including phenoxy) is 1. The van der Waals surface area contributed by atoms with Crippen molar-refractivity contribution in [1.82, 2.24) is 0 Å². The van der Waals surface area contributed by atoms with E-state index in [1.165, 1.54) is 0 Å². The minimum Gasteiger partial charge on any atom is -0.466 e. The lowest BCUT2D eigenvalue weighted by Crippen LogP contribution is -2.39. The number of carbonyl (C=O) groups excluding carboxylic acids is 1. The second-order valence-electron chi connectivity index (χ2n) is 4.60. The Labute approximate surface area is 108 Å². The maximum Gasteiger partial charge on any atom is 0.310 e. The van der Waals surface area contributed by atoms with Crippen molar-refractivity contribution in [2.24, 2.45) is 5.92 Å². The monoisotopic (exact) mass is 248 g/mol. The maximum absolute atomic E-state index is 11.8. The molecule has 0 spiro atoms. The fourth-order valence-corrected chi connectivity index (χ4v) is 2.42. The highest BCUT2D eigenvalue weighted by Gasteiger charge is 2.27. The molecule has 1 aliphatic heterocycles. The zero-order chi connectivity index (χ0) is 13.0. The van der Waals surface area contributed by atoms with E-state index in [1.807, 2.05) is 31.2 Å². The van der Waals surface area contributed by atoms with Crippen LogP contribution in [0, 0.1) is 5.92 Å². The first-order chi connectivity index (χ1) is 8.72. The van der Waals surface area contributed by atoms with Crippen LogP contribution in [0.5, 0.6) is 0 Å². The third kappa shape index (κ3) is 2.75. The second kappa shape index (κ2) is 5.76. The van der Waals surface area contributed by atoms with Crippen molar-refractivity contribution >= 4 is 17.3 Å². The van der Waals surface area contributed by atoms with Crippen LogP contribution in [-0.4, -0.2) is 25.7 Å². The minimum atomic E-state index is -0.0864. The van der Waals surface area contributed by atoms with E-state index in [2.05, 4.69) is 4.90 Å². The second-order valence-corrected chi connectivity index (χ2v) is 4.60. The van der Waals surface area contributed by atoms with Crippen LogP contribution >= 0.6 is 0 Å². The molecule has 1 heterocycles. The Kier molecular flexibility index (Phi) is 4.07. The number of hydrogen-bond acceptors (Lipinski definition) is 4. The van der Waals surface area contributed by atoms with Gasteiger partial charge in [0.15, 0.2) is 0 Å². The molecular weight excluding hydrogens is 228 g/mol. The Morgan fingerprint density at radius 1 is 1.50 bits per heavy atom. The molecule has 4 nitrogen and oxygen atoms in total. The molecule has 0 saturated carbocycles. The molecule has 1 unspecified atom stereocenters. The summed E-state index contributed by atoms with van der Waals surface area (Å²) in [5.41, 5.74) is 7.76. The standard InChI is InChI=1S/C14H20N2O2/c1-2-18-14(17)11-6-5-9-16(10-11)13-8-4-3-7-12(13)15/h3-4,7-8,11H,2,5-6,9-10,15H2,1H3. The lowest BCUT2D eigenvalue weighted by atomic mass is 9.97. The molecule has 18 heavy (non-hydrogen) atoms. The number of nitrogen functional groups attached to an aromatic ring is 1. The predicted molar refractivity (Wildman–Crippen MR) is 72.4 cm³/mol. The van der Waals surface area contributed by atoms with Crippen molar-refractivity contribution in [2.75, 3.05) is 30.3 Å². The van der Waals surface area contributed by atoms with Crippen LogP contribution in [0.2, 0.25) is 0 Å². The lowest BCUT2D eigenvalue weighted by molar-refractivity contribution is -0.148. The number of para-hydroxylation sites is 2. The van der Waals surface area contributed by atoms with Gasteiger partial charge in [0.2, 0.25) is 0 Å². The van der Waals surface area contributed by atoms with Crippen molar-refractivity contribution in [3.05, 3.63) is 24.3 Å². The van der Waals surface area contributed by atoms with Crippen LogP contribution in [-0.2, 0) is 9.53 Å². The summed E-state index contributed by atoms with van der Waals surface area (Å²) in [5.74, 6) is -0.116. The van der Waals surface area contributed by atoms with Crippen LogP contribution in [0.4, 0.5) is 11.4 Å². The number of carbonyl (C=O) groups is 1. The van der Waals surface area contributed by atoms with Gasteiger partial charge < -0.3 is 15.4 Å². The number of piperidine rings is 1. The summed E-state index contributed by atoms with van der Waals surface area (Å²) in [6.45, 7) is 3.94. The lowest BCUT2D eigenvalue weighted by Gasteiger charge is -2.33. The molecule has 4 heteroatoms. The van der Waals surface area contributed by atoms with Gasteiger partial charge in [0, 0.05) is 13.1 Å². The Hall–Kier alpha value is -1.71. The normalized spacial score (nSPS) is 19.6. The smallest absolute Gasteiger partial charge is 0.310 e. The molecule has 1 aliphatic rings. The summed E-state index contributed by atoms with van der Waals surface area (Å²) >= 11 is 0. The highest BCUT2D eigenvalue weighted by atomic mass is 16.5. The first kappa shape index (κ1) is 12.7. The van der Waals surface area contributed by atoms with Crippen molar-refractivity contribution < 1.29 is 9.53 Å². The fourth-order valence-electron chi connectivity index (χ4n) is 2.42. The van der Waals surface area contributed by atoms with Gasteiger partial charge in [-0.3, -0.25) is 4.79 Å². The molecule has 1 aromatic carbocycles. The molecule has 0 aliphatic carbocycles. The van der Waals surface area contributed by atoms with Gasteiger partial charge in [-0.2, -0.15) is 0 Å². The minimum absolute atomic E-state index is 0.0293. The van der Waals surface area contributed by atoms with Gasteiger partial charge in [-0.05, 0) is 31.9 Å². The molecule has 1 aromatic rings. The van der Waals surface area contributed by atoms with Gasteiger partial charge >= 0.3 is 5.97 Å². The van der Waals surface area contributed by atoms with Crippen LogP contribution in [0.15, 0.2) is 24.3 Å². The topological polar surface area (TPSA) is 55.6 Å². The zero-order valence-corrected chi connectivity index (χ0v) is 10.8. The van der Waals surface area contributed by atoms with E-state index >= 15 is 0 Å². The molecule has 0 radical (unpaired) electrons. The van der Waals surface area contributed by atoms with Gasteiger partial charge in [-0.25, -0.2) is 0 Å². The summed E-state index contributed by atoms with van der Waals surface area (Å²) < 4.78 is 5.10. The van der Waals surface area contributed by atoms with Crippen LogP contribution in [0.25, 0.3) is 0 Å². The van der Waals surface area contributed by atoms with E-state index in [9.17, 15) is 4.79 Å². The number of benzene rings is 1. The molecule has 2 N–H and O–H groups in total. The summed E-state index contributed by atoms with van der Waals surface area (Å²) in [6, 6.07) is 7.79. The van der Waals surface area contributed by atoms with Gasteiger partial charge in [-0.15, -0.1) is 0 Å². The predicted octanol–water partition coefficient (Wildman–Crippen LogP) is 2.05. The number of nitrogens with zero attached hydrogens (tertiary/aromatic N) is 1. The van der Waals surface area contributed by atoms with Crippen molar-refractivity contribution in [2.45, 2.75) is 19.8 Å². The maximum atomic E-state index is 11.8. The molecular formula is C14H20N2O2. The summed E-state index contributed by atoms with van der Waals surface area (Å²) in [7, 11) is 0. The van der Waals surface area contributed by atoms with Gasteiger partial charge in [0.05, 0.1) is 23.9 Å².